The molecule has 0 atom stereocenters. The van der Waals surface area contributed by atoms with Crippen molar-refractivity contribution in [2.75, 3.05) is 14.7 Å². The van der Waals surface area contributed by atoms with Gasteiger partial charge < -0.3 is 24.0 Å². The first-order valence-electron chi connectivity index (χ1n) is 23.8. The molecule has 0 aliphatic carbocycles. The Bertz CT molecular complexity index is 3420. The van der Waals surface area contributed by atoms with E-state index in [1.54, 1.807) is 0 Å². The van der Waals surface area contributed by atoms with Gasteiger partial charge in [-0.1, -0.05) is 129 Å². The molecule has 6 nitrogen and oxygen atoms in total. The largest absolute Gasteiger partial charge is 0.509 e. The third-order valence-electron chi connectivity index (χ3n) is 14.7. The summed E-state index contributed by atoms with van der Waals surface area (Å²) in [4.78, 5) is 14.6. The molecule has 0 saturated carbocycles. The maximum atomic E-state index is 6.70. The van der Waals surface area contributed by atoms with Crippen LogP contribution in [0.15, 0.2) is 149 Å². The summed E-state index contributed by atoms with van der Waals surface area (Å²) in [6, 6.07) is 47.3. The van der Waals surface area contributed by atoms with Crippen molar-refractivity contribution in [3.8, 4) is 17.3 Å². The molecule has 0 N–H and O–H groups in total. The Morgan fingerprint density at radius 2 is 1.30 bits per heavy atom. The molecule has 6 aromatic carbocycles. The quantitative estimate of drug-likeness (QED) is 0.155. The van der Waals surface area contributed by atoms with Crippen LogP contribution in [-0.2, 0) is 42.7 Å². The average Bonchev–Trinajstić information content (AvgIpc) is 3.88. The third-order valence-corrected chi connectivity index (χ3v) is 15.8. The summed E-state index contributed by atoms with van der Waals surface area (Å²) in [5.74, 6) is 2.08. The predicted molar refractivity (Wildman–Crippen MR) is 282 cm³/mol. The van der Waals surface area contributed by atoms with Crippen LogP contribution in [0.5, 0.6) is 11.5 Å². The average molecular weight is 1100 g/mol. The van der Waals surface area contributed by atoms with Crippen LogP contribution >= 0.6 is 11.8 Å². The summed E-state index contributed by atoms with van der Waals surface area (Å²) in [6.45, 7) is 27.4. The summed E-state index contributed by atoms with van der Waals surface area (Å²) in [5.41, 5.74) is 16.5. The van der Waals surface area contributed by atoms with Crippen molar-refractivity contribution in [2.24, 2.45) is 0 Å². The van der Waals surface area contributed by atoms with Gasteiger partial charge in [-0.2, -0.15) is 12.1 Å². The summed E-state index contributed by atoms with van der Waals surface area (Å²) in [7, 11) is 0. The van der Waals surface area contributed by atoms with Gasteiger partial charge in [0.2, 0.25) is 0 Å². The zero-order chi connectivity index (χ0) is 47.2. The molecular weight excluding hydrogens is 1050 g/mol. The third kappa shape index (κ3) is 6.96. The zero-order valence-corrected chi connectivity index (χ0v) is 44.2. The van der Waals surface area contributed by atoms with E-state index in [1.807, 2.05) is 36.2 Å². The number of aromatic nitrogens is 2. The molecular formula is C61H56N5OPtS-3. The second-order valence-electron chi connectivity index (χ2n) is 21.9. The topological polar surface area (TPSA) is 36.8 Å². The molecule has 12 rings (SSSR count). The molecule has 8 aromatic rings. The van der Waals surface area contributed by atoms with Gasteiger partial charge in [-0.3, -0.25) is 0 Å². The van der Waals surface area contributed by atoms with E-state index in [4.69, 9.17) is 9.72 Å². The first kappa shape index (κ1) is 45.4. The zero-order valence-electron chi connectivity index (χ0n) is 41.1. The van der Waals surface area contributed by atoms with E-state index in [0.717, 1.165) is 39.3 Å². The smallest absolute Gasteiger partial charge is 0.135 e. The van der Waals surface area contributed by atoms with Crippen molar-refractivity contribution < 1.29 is 25.8 Å². The van der Waals surface area contributed by atoms with E-state index in [2.05, 4.69) is 224 Å². The first-order valence-corrected chi connectivity index (χ1v) is 24.6. The Labute approximate surface area is 426 Å². The minimum atomic E-state index is -0.234. The molecule has 0 amide bonds. The van der Waals surface area contributed by atoms with Crippen molar-refractivity contribution in [3.63, 3.8) is 0 Å². The number of fused-ring (bicyclic) bond motifs is 3. The minimum Gasteiger partial charge on any atom is -0.509 e. The number of allylic oxidation sites excluding steroid dienone is 2. The Morgan fingerprint density at radius 3 is 1.96 bits per heavy atom. The van der Waals surface area contributed by atoms with Crippen LogP contribution in [0.3, 0.4) is 0 Å². The number of nitrogens with zero attached hydrogens (tertiary/aromatic N) is 5. The molecule has 0 saturated heterocycles. The van der Waals surface area contributed by atoms with E-state index in [-0.39, 0.29) is 42.7 Å². The molecule has 0 bridgehead atoms. The van der Waals surface area contributed by atoms with Crippen LogP contribution in [0.4, 0.5) is 28.4 Å². The van der Waals surface area contributed by atoms with Crippen molar-refractivity contribution >= 4 is 62.0 Å². The van der Waals surface area contributed by atoms with Gasteiger partial charge in [0, 0.05) is 76.3 Å². The van der Waals surface area contributed by atoms with Gasteiger partial charge >= 0.3 is 0 Å². The molecule has 4 aliphatic rings. The molecule has 0 spiro atoms. The second-order valence-corrected chi connectivity index (χ2v) is 23.0. The molecule has 0 unspecified atom stereocenters. The molecule has 0 fully saturated rings. The van der Waals surface area contributed by atoms with E-state index in [1.165, 1.54) is 65.6 Å². The molecule has 69 heavy (non-hydrogen) atoms. The monoisotopic (exact) mass is 1100 g/mol. The summed E-state index contributed by atoms with van der Waals surface area (Å²) in [6.07, 6.45) is 8.40. The van der Waals surface area contributed by atoms with Gasteiger partial charge in [-0.25, -0.2) is 4.98 Å². The summed E-state index contributed by atoms with van der Waals surface area (Å²) < 4.78 is 8.93. The fraction of sp³-hybridized carbons (Fsp3) is 0.246. The Morgan fingerprint density at radius 1 is 0.667 bits per heavy atom. The van der Waals surface area contributed by atoms with Crippen LogP contribution in [0.25, 0.3) is 27.6 Å². The number of benzene rings is 6. The van der Waals surface area contributed by atoms with E-state index in [9.17, 15) is 0 Å². The molecule has 0 radical (unpaired) electrons. The minimum absolute atomic E-state index is 0. The van der Waals surface area contributed by atoms with Crippen LogP contribution < -0.4 is 19.4 Å². The van der Waals surface area contributed by atoms with Gasteiger partial charge in [0.05, 0.1) is 17.1 Å². The van der Waals surface area contributed by atoms with Crippen molar-refractivity contribution in [3.05, 3.63) is 192 Å². The Hall–Kier alpha value is -6.01. The molecule has 2 aromatic heterocycles. The fourth-order valence-corrected chi connectivity index (χ4v) is 12.0. The van der Waals surface area contributed by atoms with Crippen LogP contribution in [0.2, 0.25) is 0 Å². The number of anilines is 5. The maximum absolute atomic E-state index is 6.70. The van der Waals surface area contributed by atoms with E-state index in [0.29, 0.717) is 11.5 Å². The SMILES string of the molecule is C/C=C\C1=CN(c2[c-]c(Oc3[c-]c4c(cc3)c3cc(C(C)(C)C)ccc3n4-c3cc(C(C)(C)C)ccn3)ccc2)[CH-]N1c1cc2c3c(c1)C(C)(C)c1cccc4c1N3c1c(cccc1C2(C)C)S4.[Pt]. The van der Waals surface area contributed by atoms with Gasteiger partial charge in [0.1, 0.15) is 5.82 Å². The number of para-hydroxylation sites is 2. The molecule has 4 aliphatic heterocycles. The molecule has 6 heterocycles. The van der Waals surface area contributed by atoms with Gasteiger partial charge in [-0.15, -0.1) is 48.1 Å². The normalized spacial score (nSPS) is 16.3. The van der Waals surface area contributed by atoms with Crippen LogP contribution in [0.1, 0.15) is 110 Å². The Balaban J connectivity index is 0.00000520. The molecule has 350 valence electrons. The van der Waals surface area contributed by atoms with Crippen molar-refractivity contribution in [2.45, 2.75) is 108 Å². The summed E-state index contributed by atoms with van der Waals surface area (Å²) in [5, 5.41) is 2.27. The van der Waals surface area contributed by atoms with Crippen molar-refractivity contribution in [1.82, 2.24) is 9.55 Å². The standard InChI is InChI=1S/C61H56N5OS.Pt/c1-12-16-40-35-63(36-64(40)41-32-48-55-49(33-41)61(10,11)47-20-15-22-53-57(47)66(55)56-46(60(48,8)9)19-14-21-52(56)68-53)39-17-13-18-42(31-39)67-43-24-25-44-45-29-37(58(2,3)4)23-26-50(45)65(51(44)34-43)54-30-38(27-28-62-54)59(5,6)7;/h12-30,32-33,35-36H,1-11H3;/q-3;/b16-12-;. The number of pyridine rings is 1. The fourth-order valence-electron chi connectivity index (χ4n) is 10.9. The number of ether oxygens (including phenoxy) is 1. The Kier molecular flexibility index (Phi) is 10.4. The van der Waals surface area contributed by atoms with Crippen molar-refractivity contribution in [1.29, 1.82) is 0 Å². The number of rotatable bonds is 6. The second kappa shape index (κ2) is 15.8. The summed E-state index contributed by atoms with van der Waals surface area (Å²) >= 11 is 1.91. The van der Waals surface area contributed by atoms with Crippen LogP contribution in [-0.4, -0.2) is 9.55 Å². The number of hydrogen-bond donors (Lipinski definition) is 0. The molecule has 8 heteroatoms. The maximum Gasteiger partial charge on any atom is 0.135 e. The predicted octanol–water partition coefficient (Wildman–Crippen LogP) is 16.2. The van der Waals surface area contributed by atoms with Crippen LogP contribution in [0, 0.1) is 18.8 Å². The van der Waals surface area contributed by atoms with E-state index >= 15 is 0 Å². The van der Waals surface area contributed by atoms with Gasteiger partial charge in [0.15, 0.2) is 0 Å². The van der Waals surface area contributed by atoms with Gasteiger partial charge in [-0.05, 0) is 111 Å². The van der Waals surface area contributed by atoms with E-state index < -0.39 is 0 Å². The van der Waals surface area contributed by atoms with Gasteiger partial charge in [0.25, 0.3) is 0 Å². The number of hydrogen-bond acceptors (Lipinski definition) is 6. The first-order chi connectivity index (χ1) is 32.4.